The highest BCUT2D eigenvalue weighted by Gasteiger charge is 2.18. The Morgan fingerprint density at radius 3 is 2.50 bits per heavy atom. The molecule has 1 amide bonds. The van der Waals surface area contributed by atoms with Gasteiger partial charge in [0.1, 0.15) is 12.3 Å². The standard InChI is InChI=1S/C10H10N2O3S/c11-6-7-12-10(13)8-16(14,15)9-4-2-1-3-5-9/h1-5H,7-8H2,(H,12,13). The van der Waals surface area contributed by atoms with Gasteiger partial charge in [-0.05, 0) is 12.1 Å². The topological polar surface area (TPSA) is 87.0 Å². The van der Waals surface area contributed by atoms with Gasteiger partial charge in [-0.25, -0.2) is 8.42 Å². The molecule has 0 saturated heterocycles. The fourth-order valence-corrected chi connectivity index (χ4v) is 2.26. The Labute approximate surface area is 93.6 Å². The van der Waals surface area contributed by atoms with Gasteiger partial charge in [0.05, 0.1) is 11.0 Å². The Bertz CT molecular complexity index is 503. The minimum absolute atomic E-state index is 0.0992. The van der Waals surface area contributed by atoms with E-state index >= 15 is 0 Å². The molecular weight excluding hydrogens is 228 g/mol. The molecule has 0 atom stereocenters. The highest BCUT2D eigenvalue weighted by atomic mass is 32.2. The second-order valence-electron chi connectivity index (χ2n) is 3.01. The molecule has 16 heavy (non-hydrogen) atoms. The predicted octanol–water partition coefficient (Wildman–Crippen LogP) is 0.100. The molecule has 0 aliphatic carbocycles. The fraction of sp³-hybridized carbons (Fsp3) is 0.200. The lowest BCUT2D eigenvalue weighted by atomic mass is 10.4. The third-order valence-corrected chi connectivity index (χ3v) is 3.42. The van der Waals surface area contributed by atoms with Gasteiger partial charge in [-0.3, -0.25) is 4.79 Å². The van der Waals surface area contributed by atoms with Crippen LogP contribution in [0.3, 0.4) is 0 Å². The molecule has 0 heterocycles. The molecule has 5 nitrogen and oxygen atoms in total. The summed E-state index contributed by atoms with van der Waals surface area (Å²) in [5.74, 6) is -1.32. The van der Waals surface area contributed by atoms with Gasteiger partial charge in [-0.2, -0.15) is 5.26 Å². The molecule has 6 heteroatoms. The maximum atomic E-state index is 11.7. The highest BCUT2D eigenvalue weighted by molar-refractivity contribution is 7.92. The van der Waals surface area contributed by atoms with Crippen molar-refractivity contribution < 1.29 is 13.2 Å². The van der Waals surface area contributed by atoms with Crippen molar-refractivity contribution in [3.8, 4) is 6.07 Å². The van der Waals surface area contributed by atoms with E-state index in [1.165, 1.54) is 12.1 Å². The number of carbonyl (C=O) groups excluding carboxylic acids is 1. The van der Waals surface area contributed by atoms with E-state index in [9.17, 15) is 13.2 Å². The van der Waals surface area contributed by atoms with E-state index in [0.29, 0.717) is 0 Å². The molecule has 1 aromatic carbocycles. The van der Waals surface area contributed by atoms with Crippen LogP contribution in [-0.2, 0) is 14.6 Å². The molecule has 0 spiro atoms. The molecule has 0 aromatic heterocycles. The molecular formula is C10H10N2O3S. The van der Waals surface area contributed by atoms with Crippen LogP contribution in [0.15, 0.2) is 35.2 Å². The Kier molecular flexibility index (Phi) is 4.03. The minimum atomic E-state index is -3.61. The predicted molar refractivity (Wildman–Crippen MR) is 57.1 cm³/mol. The number of rotatable bonds is 4. The molecule has 0 radical (unpaired) electrons. The number of amides is 1. The number of hydrogen-bond acceptors (Lipinski definition) is 4. The van der Waals surface area contributed by atoms with Crippen molar-refractivity contribution in [2.45, 2.75) is 4.90 Å². The van der Waals surface area contributed by atoms with Crippen molar-refractivity contribution in [1.29, 1.82) is 5.26 Å². The summed E-state index contributed by atoms with van der Waals surface area (Å²) >= 11 is 0. The average molecular weight is 238 g/mol. The summed E-state index contributed by atoms with van der Waals surface area (Å²) in [6.45, 7) is -0.191. The number of nitriles is 1. The fourth-order valence-electron chi connectivity index (χ4n) is 1.07. The molecule has 84 valence electrons. The smallest absolute Gasteiger partial charge is 0.236 e. The second-order valence-corrected chi connectivity index (χ2v) is 5.00. The molecule has 0 unspecified atom stereocenters. The van der Waals surface area contributed by atoms with Gasteiger partial charge in [0.2, 0.25) is 5.91 Å². The van der Waals surface area contributed by atoms with Gasteiger partial charge >= 0.3 is 0 Å². The van der Waals surface area contributed by atoms with Crippen molar-refractivity contribution in [1.82, 2.24) is 5.32 Å². The van der Waals surface area contributed by atoms with E-state index in [1.807, 2.05) is 0 Å². The van der Waals surface area contributed by atoms with Gasteiger partial charge in [-0.15, -0.1) is 0 Å². The Morgan fingerprint density at radius 1 is 1.31 bits per heavy atom. The SMILES string of the molecule is N#CCNC(=O)CS(=O)(=O)c1ccccc1. The molecule has 0 aliphatic heterocycles. The Morgan fingerprint density at radius 2 is 1.94 bits per heavy atom. The van der Waals surface area contributed by atoms with Crippen LogP contribution in [0.2, 0.25) is 0 Å². The first-order valence-electron chi connectivity index (χ1n) is 4.48. The zero-order chi connectivity index (χ0) is 12.0. The molecule has 1 aromatic rings. The summed E-state index contributed by atoms with van der Waals surface area (Å²) in [6.07, 6.45) is 0. The van der Waals surface area contributed by atoms with Gasteiger partial charge in [0.15, 0.2) is 9.84 Å². The van der Waals surface area contributed by atoms with Gasteiger partial charge in [0, 0.05) is 0 Å². The van der Waals surface area contributed by atoms with Crippen LogP contribution >= 0.6 is 0 Å². The molecule has 0 saturated carbocycles. The third-order valence-electron chi connectivity index (χ3n) is 1.79. The first kappa shape index (κ1) is 12.2. The number of benzene rings is 1. The van der Waals surface area contributed by atoms with Gasteiger partial charge < -0.3 is 5.32 Å². The number of sulfone groups is 1. The van der Waals surface area contributed by atoms with Crippen LogP contribution in [0.4, 0.5) is 0 Å². The second kappa shape index (κ2) is 5.28. The normalized spacial score (nSPS) is 10.4. The lowest BCUT2D eigenvalue weighted by molar-refractivity contribution is -0.118. The Hall–Kier alpha value is -1.87. The largest absolute Gasteiger partial charge is 0.342 e. The molecule has 0 bridgehead atoms. The summed E-state index contributed by atoms with van der Waals surface area (Å²) in [6, 6.07) is 9.40. The summed E-state index contributed by atoms with van der Waals surface area (Å²) in [5, 5.41) is 10.4. The van der Waals surface area contributed by atoms with E-state index in [1.54, 1.807) is 24.3 Å². The van der Waals surface area contributed by atoms with Crippen molar-refractivity contribution >= 4 is 15.7 Å². The lowest BCUT2D eigenvalue weighted by Gasteiger charge is -2.03. The quantitative estimate of drug-likeness (QED) is 0.754. The first-order valence-corrected chi connectivity index (χ1v) is 6.13. The number of nitrogens with one attached hydrogen (secondary N) is 1. The zero-order valence-electron chi connectivity index (χ0n) is 8.38. The van der Waals surface area contributed by atoms with Crippen molar-refractivity contribution in [3.63, 3.8) is 0 Å². The van der Waals surface area contributed by atoms with Crippen molar-refractivity contribution in [3.05, 3.63) is 30.3 Å². The maximum Gasteiger partial charge on any atom is 0.236 e. The van der Waals surface area contributed by atoms with E-state index in [4.69, 9.17) is 5.26 Å². The molecule has 1 N–H and O–H groups in total. The first-order chi connectivity index (χ1) is 7.56. The van der Waals surface area contributed by atoms with Crippen LogP contribution in [0, 0.1) is 11.3 Å². The zero-order valence-corrected chi connectivity index (χ0v) is 9.20. The summed E-state index contributed by atoms with van der Waals surface area (Å²) in [5.41, 5.74) is 0. The Balaban J connectivity index is 2.74. The van der Waals surface area contributed by atoms with Crippen LogP contribution in [-0.4, -0.2) is 26.6 Å². The van der Waals surface area contributed by atoms with Gasteiger partial charge in [-0.1, -0.05) is 18.2 Å². The molecule has 1 rings (SSSR count). The van der Waals surface area contributed by atoms with E-state index in [-0.39, 0.29) is 11.4 Å². The van der Waals surface area contributed by atoms with Crippen LogP contribution < -0.4 is 5.32 Å². The molecule has 0 fully saturated rings. The summed E-state index contributed by atoms with van der Waals surface area (Å²) in [4.78, 5) is 11.2. The van der Waals surface area contributed by atoms with E-state index < -0.39 is 21.5 Å². The third kappa shape index (κ3) is 3.37. The van der Waals surface area contributed by atoms with E-state index in [2.05, 4.69) is 5.32 Å². The molecule has 0 aliphatic rings. The number of hydrogen-bond donors (Lipinski definition) is 1. The maximum absolute atomic E-state index is 11.7. The van der Waals surface area contributed by atoms with Crippen LogP contribution in [0.1, 0.15) is 0 Å². The summed E-state index contributed by atoms with van der Waals surface area (Å²) in [7, 11) is -3.61. The van der Waals surface area contributed by atoms with E-state index in [0.717, 1.165) is 0 Å². The average Bonchev–Trinajstić information content (AvgIpc) is 2.27. The lowest BCUT2D eigenvalue weighted by Crippen LogP contribution is -2.30. The highest BCUT2D eigenvalue weighted by Crippen LogP contribution is 2.09. The van der Waals surface area contributed by atoms with Crippen LogP contribution in [0.25, 0.3) is 0 Å². The summed E-state index contributed by atoms with van der Waals surface area (Å²) < 4.78 is 23.3. The van der Waals surface area contributed by atoms with Crippen molar-refractivity contribution in [2.24, 2.45) is 0 Å². The van der Waals surface area contributed by atoms with Crippen LogP contribution in [0.5, 0.6) is 0 Å². The number of carbonyl (C=O) groups is 1. The number of nitrogens with zero attached hydrogens (tertiary/aromatic N) is 1. The minimum Gasteiger partial charge on any atom is -0.342 e. The van der Waals surface area contributed by atoms with Crippen molar-refractivity contribution in [2.75, 3.05) is 12.3 Å². The van der Waals surface area contributed by atoms with Gasteiger partial charge in [0.25, 0.3) is 0 Å². The monoisotopic (exact) mass is 238 g/mol.